The molecule has 1 N–H and O–H groups in total. The number of rotatable bonds is 7. The van der Waals surface area contributed by atoms with Crippen molar-refractivity contribution in [1.29, 1.82) is 0 Å². The Morgan fingerprint density at radius 2 is 1.79 bits per heavy atom. The number of carboxylic acids is 1. The summed E-state index contributed by atoms with van der Waals surface area (Å²) >= 11 is 0. The van der Waals surface area contributed by atoms with Gasteiger partial charge in [-0.3, -0.25) is 9.59 Å². The third-order valence-electron chi connectivity index (χ3n) is 6.14. The zero-order valence-corrected chi connectivity index (χ0v) is 20.2. The van der Waals surface area contributed by atoms with Crippen molar-refractivity contribution in [2.24, 2.45) is 0 Å². The van der Waals surface area contributed by atoms with Gasteiger partial charge in [0.1, 0.15) is 0 Å². The zero-order chi connectivity index (χ0) is 24.6. The van der Waals surface area contributed by atoms with Crippen LogP contribution in [0.3, 0.4) is 0 Å². The second kappa shape index (κ2) is 9.32. The van der Waals surface area contributed by atoms with E-state index in [0.717, 1.165) is 5.69 Å². The first-order valence-electron chi connectivity index (χ1n) is 11.2. The van der Waals surface area contributed by atoms with Crippen LogP contribution < -0.4 is 0 Å². The van der Waals surface area contributed by atoms with E-state index in [0.29, 0.717) is 16.6 Å². The largest absolute Gasteiger partial charge is 0.481 e. The number of aromatic nitrogens is 1. The molecule has 0 amide bonds. The molecule has 1 aliphatic rings. The van der Waals surface area contributed by atoms with E-state index >= 15 is 0 Å². The van der Waals surface area contributed by atoms with E-state index in [-0.39, 0.29) is 54.4 Å². The molecule has 180 valence electrons. The lowest BCUT2D eigenvalue weighted by Crippen LogP contribution is -2.48. The maximum atomic E-state index is 13.6. The van der Waals surface area contributed by atoms with E-state index in [1.165, 1.54) is 16.4 Å². The summed E-state index contributed by atoms with van der Waals surface area (Å²) in [6.45, 7) is 5.97. The van der Waals surface area contributed by atoms with Gasteiger partial charge >= 0.3 is 5.97 Å². The number of morpholine rings is 1. The molecule has 0 radical (unpaired) electrons. The highest BCUT2D eigenvalue weighted by Gasteiger charge is 2.33. The number of hydrogen-bond donors (Lipinski definition) is 1. The summed E-state index contributed by atoms with van der Waals surface area (Å²) in [6, 6.07) is 11.5. The van der Waals surface area contributed by atoms with Crippen LogP contribution >= 0.6 is 0 Å². The third kappa shape index (κ3) is 4.51. The standard InChI is InChI=1S/C25H28N2O6S/c1-16-14-26(15-17(2)33-16)34(31,32)20-8-6-7-19(13-20)25(30)24-18(3)21(10-11-23(28)29)27-12-5-4-9-22(24)27/h4-9,12-13,16-17H,10-11,14-15H2,1-3H3,(H,28,29)/t16-,17+. The maximum Gasteiger partial charge on any atom is 0.303 e. The molecule has 1 saturated heterocycles. The molecule has 9 heteroatoms. The number of nitrogens with zero attached hydrogens (tertiary/aromatic N) is 2. The summed E-state index contributed by atoms with van der Waals surface area (Å²) in [5.74, 6) is -1.22. The quantitative estimate of drug-likeness (QED) is 0.516. The van der Waals surface area contributed by atoms with Crippen molar-refractivity contribution in [3.8, 4) is 0 Å². The number of carboxylic acid groups (broad SMARTS) is 1. The Morgan fingerprint density at radius 1 is 1.09 bits per heavy atom. The van der Waals surface area contributed by atoms with Gasteiger partial charge in [0.2, 0.25) is 10.0 Å². The second-order valence-corrected chi connectivity index (χ2v) is 10.7. The maximum absolute atomic E-state index is 13.6. The summed E-state index contributed by atoms with van der Waals surface area (Å²) in [6.07, 6.45) is 1.59. The molecular formula is C25H28N2O6S. The highest BCUT2D eigenvalue weighted by atomic mass is 32.2. The van der Waals surface area contributed by atoms with Gasteiger partial charge in [-0.1, -0.05) is 18.2 Å². The molecule has 1 fully saturated rings. The number of sulfonamides is 1. The van der Waals surface area contributed by atoms with Crippen molar-refractivity contribution >= 4 is 27.3 Å². The van der Waals surface area contributed by atoms with Crippen LogP contribution in [0.1, 0.15) is 47.4 Å². The lowest BCUT2D eigenvalue weighted by molar-refractivity contribution is -0.136. The van der Waals surface area contributed by atoms with Gasteiger partial charge in [-0.25, -0.2) is 8.42 Å². The van der Waals surface area contributed by atoms with Crippen molar-refractivity contribution in [3.63, 3.8) is 0 Å². The van der Waals surface area contributed by atoms with E-state index in [4.69, 9.17) is 9.84 Å². The van der Waals surface area contributed by atoms with E-state index in [1.54, 1.807) is 25.3 Å². The number of carbonyl (C=O) groups is 2. The van der Waals surface area contributed by atoms with Crippen LogP contribution in [-0.2, 0) is 26.0 Å². The number of pyridine rings is 1. The molecule has 3 aromatic rings. The number of fused-ring (bicyclic) bond motifs is 1. The molecule has 8 nitrogen and oxygen atoms in total. The smallest absolute Gasteiger partial charge is 0.303 e. The Labute approximate surface area is 198 Å². The number of carbonyl (C=O) groups excluding carboxylic acids is 1. The van der Waals surface area contributed by atoms with E-state index < -0.39 is 16.0 Å². The monoisotopic (exact) mass is 484 g/mol. The van der Waals surface area contributed by atoms with Crippen LogP contribution in [0.4, 0.5) is 0 Å². The number of benzene rings is 1. The van der Waals surface area contributed by atoms with Gasteiger partial charge < -0.3 is 14.2 Å². The normalized spacial score (nSPS) is 19.4. The third-order valence-corrected chi connectivity index (χ3v) is 7.97. The molecule has 0 unspecified atom stereocenters. The van der Waals surface area contributed by atoms with Crippen molar-refractivity contribution in [3.05, 3.63) is 71.0 Å². The molecule has 0 aliphatic carbocycles. The molecule has 0 saturated carbocycles. The number of hydrogen-bond acceptors (Lipinski definition) is 5. The predicted octanol–water partition coefficient (Wildman–Crippen LogP) is 3.29. The van der Waals surface area contributed by atoms with Crippen LogP contribution in [0.2, 0.25) is 0 Å². The lowest BCUT2D eigenvalue weighted by Gasteiger charge is -2.34. The summed E-state index contributed by atoms with van der Waals surface area (Å²) in [4.78, 5) is 24.8. The van der Waals surface area contributed by atoms with Crippen LogP contribution in [-0.4, -0.2) is 59.3 Å². The second-order valence-electron chi connectivity index (χ2n) is 8.73. The number of ketones is 1. The molecule has 34 heavy (non-hydrogen) atoms. The number of ether oxygens (including phenoxy) is 1. The fourth-order valence-corrected chi connectivity index (χ4v) is 6.27. The highest BCUT2D eigenvalue weighted by Crippen LogP contribution is 2.28. The average molecular weight is 485 g/mol. The molecular weight excluding hydrogens is 456 g/mol. The van der Waals surface area contributed by atoms with Crippen molar-refractivity contribution < 1.29 is 27.9 Å². The average Bonchev–Trinajstić information content (AvgIpc) is 3.07. The Kier molecular flexibility index (Phi) is 6.62. The Morgan fingerprint density at radius 3 is 2.47 bits per heavy atom. The Bertz CT molecular complexity index is 1350. The van der Waals surface area contributed by atoms with Gasteiger partial charge in [-0.2, -0.15) is 4.31 Å². The van der Waals surface area contributed by atoms with Crippen LogP contribution in [0, 0.1) is 6.92 Å². The van der Waals surface area contributed by atoms with Gasteiger partial charge in [-0.15, -0.1) is 0 Å². The van der Waals surface area contributed by atoms with Gasteiger partial charge in [0, 0.05) is 30.5 Å². The molecule has 1 aliphatic heterocycles. The first kappa shape index (κ1) is 24.1. The fraction of sp³-hybridized carbons (Fsp3) is 0.360. The summed E-state index contributed by atoms with van der Waals surface area (Å²) in [7, 11) is -3.80. The lowest BCUT2D eigenvalue weighted by atomic mass is 9.99. The minimum atomic E-state index is -3.80. The number of aliphatic carboxylic acids is 1. The SMILES string of the molecule is Cc1c(C(=O)c2cccc(S(=O)(=O)N3C[C@@H](C)O[C@@H](C)C3)c2)c2ccccn2c1CCC(=O)O. The van der Waals surface area contributed by atoms with Gasteiger partial charge in [0.15, 0.2) is 5.78 Å². The molecule has 4 rings (SSSR count). The first-order valence-corrected chi connectivity index (χ1v) is 12.6. The zero-order valence-electron chi connectivity index (χ0n) is 19.4. The van der Waals surface area contributed by atoms with Crippen molar-refractivity contribution in [2.75, 3.05) is 13.1 Å². The highest BCUT2D eigenvalue weighted by molar-refractivity contribution is 7.89. The molecule has 2 atom stereocenters. The van der Waals surface area contributed by atoms with Gasteiger partial charge in [0.25, 0.3) is 0 Å². The fourth-order valence-electron chi connectivity index (χ4n) is 4.64. The Hall–Kier alpha value is -3.01. The number of aryl methyl sites for hydroxylation is 1. The minimum Gasteiger partial charge on any atom is -0.481 e. The summed E-state index contributed by atoms with van der Waals surface area (Å²) < 4.78 is 35.5. The first-order chi connectivity index (χ1) is 16.1. The van der Waals surface area contributed by atoms with Crippen LogP contribution in [0.5, 0.6) is 0 Å². The topological polar surface area (TPSA) is 105 Å². The van der Waals surface area contributed by atoms with Crippen LogP contribution in [0.15, 0.2) is 53.6 Å². The minimum absolute atomic E-state index is 0.0560. The van der Waals surface area contributed by atoms with Crippen molar-refractivity contribution in [1.82, 2.24) is 8.71 Å². The molecule has 3 heterocycles. The van der Waals surface area contributed by atoms with Gasteiger partial charge in [-0.05, 0) is 57.0 Å². The van der Waals surface area contributed by atoms with Gasteiger partial charge in [0.05, 0.1) is 34.6 Å². The predicted molar refractivity (Wildman–Crippen MR) is 127 cm³/mol. The summed E-state index contributed by atoms with van der Waals surface area (Å²) in [5, 5.41) is 9.13. The van der Waals surface area contributed by atoms with E-state index in [1.807, 2.05) is 36.4 Å². The molecule has 0 spiro atoms. The molecule has 0 bridgehead atoms. The van der Waals surface area contributed by atoms with E-state index in [2.05, 4.69) is 0 Å². The Balaban J connectivity index is 1.73. The molecule has 2 aromatic heterocycles. The summed E-state index contributed by atoms with van der Waals surface area (Å²) in [5.41, 5.74) is 2.82. The van der Waals surface area contributed by atoms with Crippen LogP contribution in [0.25, 0.3) is 5.52 Å². The van der Waals surface area contributed by atoms with E-state index in [9.17, 15) is 18.0 Å². The molecule has 1 aromatic carbocycles. The van der Waals surface area contributed by atoms with Crippen molar-refractivity contribution in [2.45, 2.75) is 50.7 Å².